The first kappa shape index (κ1) is 32.5. The molecule has 1 atom stereocenters. The number of carbonyl (C=O) groups excluding carboxylic acids is 2. The molecule has 0 radical (unpaired) electrons. The molecule has 0 saturated heterocycles. The van der Waals surface area contributed by atoms with Crippen molar-refractivity contribution in [1.82, 2.24) is 5.32 Å². The molecule has 39 heavy (non-hydrogen) atoms. The van der Waals surface area contributed by atoms with Gasteiger partial charge in [0.25, 0.3) is 5.91 Å². The van der Waals surface area contributed by atoms with E-state index in [9.17, 15) is 14.7 Å². The van der Waals surface area contributed by atoms with E-state index in [0.717, 1.165) is 35.1 Å². The van der Waals surface area contributed by atoms with Gasteiger partial charge in [0, 0.05) is 24.6 Å². The number of carbonyl (C=O) groups is 2. The van der Waals surface area contributed by atoms with Crippen LogP contribution in [-0.4, -0.2) is 38.9 Å². The predicted octanol–water partition coefficient (Wildman–Crippen LogP) is 1.39. The van der Waals surface area contributed by atoms with E-state index in [1.807, 2.05) is 61.5 Å². The number of hydrogen-bond donors (Lipinski definition) is 1. The molecule has 8 heteroatoms. The molecule has 0 bridgehead atoms. The first-order valence-electron chi connectivity index (χ1n) is 13.0. The number of amides is 1. The average Bonchev–Trinajstić information content (AvgIpc) is 2.94. The first-order chi connectivity index (χ1) is 18.5. The quantitative estimate of drug-likeness (QED) is 0.167. The van der Waals surface area contributed by atoms with E-state index >= 15 is 0 Å². The van der Waals surface area contributed by atoms with Crippen LogP contribution in [0, 0.1) is 5.92 Å². The summed E-state index contributed by atoms with van der Waals surface area (Å²) < 4.78 is 16.1. The third kappa shape index (κ3) is 11.1. The molecular formula is C31H36NNaO6. The van der Waals surface area contributed by atoms with Gasteiger partial charge < -0.3 is 29.4 Å². The van der Waals surface area contributed by atoms with Gasteiger partial charge in [-0.2, -0.15) is 0 Å². The summed E-state index contributed by atoms with van der Waals surface area (Å²) >= 11 is 0. The van der Waals surface area contributed by atoms with Crippen molar-refractivity contribution in [1.29, 1.82) is 0 Å². The van der Waals surface area contributed by atoms with Crippen molar-refractivity contribution in [2.75, 3.05) is 27.1 Å². The fourth-order valence-corrected chi connectivity index (χ4v) is 4.09. The minimum absolute atomic E-state index is 0. The van der Waals surface area contributed by atoms with Crippen molar-refractivity contribution in [3.05, 3.63) is 89.5 Å². The van der Waals surface area contributed by atoms with Crippen molar-refractivity contribution < 1.29 is 58.5 Å². The van der Waals surface area contributed by atoms with E-state index in [-0.39, 0.29) is 42.3 Å². The maximum Gasteiger partial charge on any atom is 1.00 e. The first-order valence-corrected chi connectivity index (χ1v) is 13.0. The van der Waals surface area contributed by atoms with Gasteiger partial charge in [0.1, 0.15) is 19.1 Å². The Kier molecular flexibility index (Phi) is 14.9. The van der Waals surface area contributed by atoms with Crippen LogP contribution in [0.25, 0.3) is 11.1 Å². The van der Waals surface area contributed by atoms with Gasteiger partial charge >= 0.3 is 29.6 Å². The Bertz CT molecular complexity index is 1150. The molecule has 7 nitrogen and oxygen atoms in total. The van der Waals surface area contributed by atoms with Crippen molar-refractivity contribution in [3.63, 3.8) is 0 Å². The molecule has 202 valence electrons. The van der Waals surface area contributed by atoms with E-state index < -0.39 is 11.9 Å². The minimum Gasteiger partial charge on any atom is -0.550 e. The Morgan fingerprint density at radius 3 is 2.36 bits per heavy atom. The zero-order valence-electron chi connectivity index (χ0n) is 23.1. The second-order valence-electron chi connectivity index (χ2n) is 9.14. The van der Waals surface area contributed by atoms with Crippen LogP contribution in [-0.2, 0) is 27.3 Å². The Morgan fingerprint density at radius 1 is 0.949 bits per heavy atom. The summed E-state index contributed by atoms with van der Waals surface area (Å²) in [5.74, 6) is -0.975. The second-order valence-corrected chi connectivity index (χ2v) is 9.14. The molecule has 0 aliphatic rings. The molecule has 0 saturated carbocycles. The van der Waals surface area contributed by atoms with Crippen molar-refractivity contribution >= 4 is 11.9 Å². The number of benzene rings is 3. The molecular weight excluding hydrogens is 505 g/mol. The maximum atomic E-state index is 12.5. The zero-order chi connectivity index (χ0) is 27.2. The average molecular weight is 542 g/mol. The Hall–Kier alpha value is -2.68. The number of carboxylic acid groups (broad SMARTS) is 1. The number of ether oxygens (including phenoxy) is 3. The van der Waals surface area contributed by atoms with Crippen LogP contribution in [0.15, 0.2) is 72.8 Å². The molecule has 1 unspecified atom stereocenters. The number of nitrogens with one attached hydrogen (secondary N) is 1. The summed E-state index contributed by atoms with van der Waals surface area (Å²) in [4.78, 5) is 23.9. The Labute approximate surface area is 253 Å². The van der Waals surface area contributed by atoms with E-state index in [4.69, 9.17) is 14.2 Å². The standard InChI is InChI=1S/C31H37NO6.Na/c1-3-4-7-28(31(34)35)19-23-9-15-29(16-10-23)38-18-17-32-30(33)26-13-11-25(12-14-26)27-8-5-6-24(20-27)21-37-22-36-2;/h5-6,8-16,20,28H,3-4,7,17-19,21-22H2,1-2H3,(H,32,33)(H,34,35);/q;+1/p-1. The smallest absolute Gasteiger partial charge is 0.550 e. The molecule has 1 N–H and O–H groups in total. The molecule has 0 aromatic heterocycles. The number of hydrogen-bond acceptors (Lipinski definition) is 6. The topological polar surface area (TPSA) is 96.9 Å². The molecule has 1 amide bonds. The molecule has 0 aliphatic carbocycles. The normalized spacial score (nSPS) is 11.3. The fraction of sp³-hybridized carbons (Fsp3) is 0.355. The van der Waals surface area contributed by atoms with Gasteiger partial charge in [0.15, 0.2) is 0 Å². The van der Waals surface area contributed by atoms with Crippen molar-refractivity contribution in [2.24, 2.45) is 5.92 Å². The van der Waals surface area contributed by atoms with Crippen LogP contribution in [0.5, 0.6) is 5.75 Å². The van der Waals surface area contributed by atoms with Crippen molar-refractivity contribution in [2.45, 2.75) is 39.2 Å². The van der Waals surface area contributed by atoms with E-state index in [1.54, 1.807) is 19.2 Å². The monoisotopic (exact) mass is 541 g/mol. The Morgan fingerprint density at radius 2 is 1.69 bits per heavy atom. The van der Waals surface area contributed by atoms with Crippen LogP contribution in [0.3, 0.4) is 0 Å². The van der Waals surface area contributed by atoms with E-state index in [1.165, 1.54) is 0 Å². The summed E-state index contributed by atoms with van der Waals surface area (Å²) in [5, 5.41) is 14.2. The third-order valence-corrected chi connectivity index (χ3v) is 6.18. The summed E-state index contributed by atoms with van der Waals surface area (Å²) in [7, 11) is 1.59. The number of aliphatic carboxylic acids is 1. The van der Waals surface area contributed by atoms with E-state index in [0.29, 0.717) is 43.9 Å². The van der Waals surface area contributed by atoms with Crippen LogP contribution in [0.4, 0.5) is 0 Å². The van der Waals surface area contributed by atoms with Gasteiger partial charge in [0.05, 0.1) is 13.2 Å². The zero-order valence-corrected chi connectivity index (χ0v) is 25.1. The molecule has 0 spiro atoms. The van der Waals surface area contributed by atoms with Gasteiger partial charge in [-0.1, -0.05) is 62.2 Å². The summed E-state index contributed by atoms with van der Waals surface area (Å²) in [6.45, 7) is 3.43. The summed E-state index contributed by atoms with van der Waals surface area (Å²) in [6, 6.07) is 22.9. The number of carboxylic acids is 1. The van der Waals surface area contributed by atoms with Crippen molar-refractivity contribution in [3.8, 4) is 16.9 Å². The molecule has 0 heterocycles. The van der Waals surface area contributed by atoms with Crippen LogP contribution < -0.4 is 44.7 Å². The molecule has 0 aliphatic heterocycles. The number of methoxy groups -OCH3 is 1. The summed E-state index contributed by atoms with van der Waals surface area (Å²) in [5.41, 5.74) is 4.61. The number of rotatable bonds is 16. The van der Waals surface area contributed by atoms with Gasteiger partial charge in [-0.25, -0.2) is 0 Å². The Balaban J connectivity index is 0.00000533. The van der Waals surface area contributed by atoms with Gasteiger partial charge in [0.2, 0.25) is 0 Å². The molecule has 0 fully saturated rings. The van der Waals surface area contributed by atoms with Crippen LogP contribution in [0.2, 0.25) is 0 Å². The second kappa shape index (κ2) is 17.8. The molecule has 3 aromatic carbocycles. The van der Waals surface area contributed by atoms with Gasteiger partial charge in [-0.15, -0.1) is 0 Å². The predicted molar refractivity (Wildman–Crippen MR) is 145 cm³/mol. The van der Waals surface area contributed by atoms with Gasteiger partial charge in [-0.05, 0) is 65.4 Å². The number of unbranched alkanes of at least 4 members (excludes halogenated alkanes) is 1. The third-order valence-electron chi connectivity index (χ3n) is 6.18. The molecule has 3 rings (SSSR count). The summed E-state index contributed by atoms with van der Waals surface area (Å²) in [6.07, 6.45) is 2.90. The largest absolute Gasteiger partial charge is 1.00 e. The molecule has 3 aromatic rings. The maximum absolute atomic E-state index is 12.5. The SMILES string of the molecule is CCCCC(Cc1ccc(OCCNC(=O)c2ccc(-c3cccc(COCOC)c3)cc2)cc1)C(=O)[O-].[Na+]. The van der Waals surface area contributed by atoms with E-state index in [2.05, 4.69) is 11.4 Å². The van der Waals surface area contributed by atoms with Crippen LogP contribution in [0.1, 0.15) is 47.7 Å². The minimum atomic E-state index is -0.998. The van der Waals surface area contributed by atoms with Crippen LogP contribution >= 0.6 is 0 Å². The van der Waals surface area contributed by atoms with Gasteiger partial charge in [-0.3, -0.25) is 4.79 Å². The fourth-order valence-electron chi connectivity index (χ4n) is 4.09.